The van der Waals surface area contributed by atoms with E-state index in [1.807, 2.05) is 6.07 Å². The Morgan fingerprint density at radius 1 is 0.812 bits per heavy atom. The maximum absolute atomic E-state index is 11.1. The number of carboxylic acids is 1. The smallest absolute Gasteiger partial charge is 0.345 e. The monoisotopic (exact) mass is 448 g/mol. The lowest BCUT2D eigenvalue weighted by atomic mass is 10.0. The second-order valence-electron chi connectivity index (χ2n) is 8.76. The van der Waals surface area contributed by atoms with Crippen molar-refractivity contribution >= 4 is 11.9 Å². The minimum atomic E-state index is -1.06. The molecule has 0 radical (unpaired) electrons. The zero-order valence-electron chi connectivity index (χ0n) is 20.2. The summed E-state index contributed by atoms with van der Waals surface area (Å²) in [6, 6.07) is 10.4. The molecule has 5 heteroatoms. The minimum absolute atomic E-state index is 0.348. The summed E-state index contributed by atoms with van der Waals surface area (Å²) < 4.78 is 11.1. The maximum Gasteiger partial charge on any atom is 0.345 e. The Morgan fingerprint density at radius 3 is 1.88 bits per heavy atom. The van der Waals surface area contributed by atoms with Crippen LogP contribution in [0.1, 0.15) is 109 Å². The van der Waals surface area contributed by atoms with Crippen molar-refractivity contribution in [1.29, 1.82) is 0 Å². The van der Waals surface area contributed by atoms with E-state index in [1.165, 1.54) is 57.4 Å². The third-order valence-corrected chi connectivity index (χ3v) is 5.78. The van der Waals surface area contributed by atoms with Gasteiger partial charge in [0.05, 0.1) is 12.7 Å². The second kappa shape index (κ2) is 18.7. The van der Waals surface area contributed by atoms with Crippen LogP contribution in [0.4, 0.5) is 0 Å². The molecule has 1 N–H and O–H groups in total. The Morgan fingerprint density at radius 2 is 1.34 bits per heavy atom. The molecule has 182 valence electrons. The third kappa shape index (κ3) is 15.0. The highest BCUT2D eigenvalue weighted by molar-refractivity contribution is 5.76. The van der Waals surface area contributed by atoms with E-state index in [0.29, 0.717) is 19.1 Å². The number of aliphatic carboxylic acids is 1. The quantitative estimate of drug-likeness (QED) is 0.171. The molecule has 2 unspecified atom stereocenters. The zero-order chi connectivity index (χ0) is 23.4. The van der Waals surface area contributed by atoms with Gasteiger partial charge in [-0.05, 0) is 31.2 Å². The van der Waals surface area contributed by atoms with Gasteiger partial charge >= 0.3 is 11.9 Å². The predicted molar refractivity (Wildman–Crippen MR) is 129 cm³/mol. The molecule has 0 fully saturated rings. The Hall–Kier alpha value is -1.88. The lowest BCUT2D eigenvalue weighted by molar-refractivity contribution is -0.163. The molecular weight excluding hydrogens is 404 g/mol. The third-order valence-electron chi connectivity index (χ3n) is 5.78. The van der Waals surface area contributed by atoms with Gasteiger partial charge in [-0.3, -0.25) is 4.79 Å². The molecule has 0 amide bonds. The van der Waals surface area contributed by atoms with Crippen LogP contribution in [0.5, 0.6) is 0 Å². The van der Waals surface area contributed by atoms with Crippen LogP contribution in [0.2, 0.25) is 0 Å². The van der Waals surface area contributed by atoms with Gasteiger partial charge in [-0.25, -0.2) is 4.79 Å². The fourth-order valence-corrected chi connectivity index (χ4v) is 3.92. The molecule has 1 aromatic carbocycles. The van der Waals surface area contributed by atoms with Crippen LogP contribution in [-0.2, 0) is 25.7 Å². The van der Waals surface area contributed by atoms with Gasteiger partial charge in [0.15, 0.2) is 6.10 Å². The van der Waals surface area contributed by atoms with E-state index in [1.54, 1.807) is 0 Å². The van der Waals surface area contributed by atoms with Gasteiger partial charge in [0.1, 0.15) is 0 Å². The molecule has 2 atom stereocenters. The van der Waals surface area contributed by atoms with E-state index in [2.05, 4.69) is 31.2 Å². The van der Waals surface area contributed by atoms with E-state index >= 15 is 0 Å². The zero-order valence-corrected chi connectivity index (χ0v) is 20.2. The Labute approximate surface area is 194 Å². The molecule has 0 aliphatic carbocycles. The number of rotatable bonds is 20. The summed E-state index contributed by atoms with van der Waals surface area (Å²) in [7, 11) is 0. The van der Waals surface area contributed by atoms with E-state index in [-0.39, 0.29) is 0 Å². The van der Waals surface area contributed by atoms with E-state index in [0.717, 1.165) is 38.5 Å². The molecule has 0 heterocycles. The van der Waals surface area contributed by atoms with Gasteiger partial charge in [0.2, 0.25) is 0 Å². The van der Waals surface area contributed by atoms with Crippen LogP contribution in [0, 0.1) is 0 Å². The first kappa shape index (κ1) is 28.2. The number of carbonyl (C=O) groups excluding carboxylic acids is 1. The van der Waals surface area contributed by atoms with Gasteiger partial charge in [0.25, 0.3) is 0 Å². The Kier molecular flexibility index (Phi) is 16.4. The average Bonchev–Trinajstić information content (AvgIpc) is 2.78. The first-order valence-corrected chi connectivity index (χ1v) is 12.6. The summed E-state index contributed by atoms with van der Waals surface area (Å²) in [5, 5.41) is 9.06. The highest BCUT2D eigenvalue weighted by atomic mass is 16.6. The molecule has 0 spiro atoms. The molecule has 5 nitrogen and oxygen atoms in total. The van der Waals surface area contributed by atoms with E-state index in [9.17, 15) is 9.59 Å². The van der Waals surface area contributed by atoms with Crippen molar-refractivity contribution in [3.05, 3.63) is 35.9 Å². The predicted octanol–water partition coefficient (Wildman–Crippen LogP) is 7.07. The van der Waals surface area contributed by atoms with Crippen molar-refractivity contribution in [1.82, 2.24) is 0 Å². The summed E-state index contributed by atoms with van der Waals surface area (Å²) in [5.74, 6) is -1.59. The number of hydrogen-bond acceptors (Lipinski definition) is 4. The van der Waals surface area contributed by atoms with Crippen LogP contribution >= 0.6 is 0 Å². The minimum Gasteiger partial charge on any atom is -0.479 e. The first-order valence-electron chi connectivity index (χ1n) is 12.6. The van der Waals surface area contributed by atoms with Gasteiger partial charge in [-0.1, -0.05) is 101 Å². The van der Waals surface area contributed by atoms with Crippen molar-refractivity contribution < 1.29 is 24.2 Å². The highest BCUT2D eigenvalue weighted by Gasteiger charge is 2.19. The molecule has 0 aromatic heterocycles. The molecule has 0 aliphatic heterocycles. The van der Waals surface area contributed by atoms with Gasteiger partial charge in [-0.2, -0.15) is 0 Å². The molecule has 0 saturated carbocycles. The molecule has 1 rings (SSSR count). The Bertz CT molecular complexity index is 601. The summed E-state index contributed by atoms with van der Waals surface area (Å²) in [6.45, 7) is 4.19. The van der Waals surface area contributed by atoms with Crippen LogP contribution in [0.3, 0.4) is 0 Å². The van der Waals surface area contributed by atoms with Gasteiger partial charge in [-0.15, -0.1) is 0 Å². The summed E-state index contributed by atoms with van der Waals surface area (Å²) in [6.07, 6.45) is 14.8. The maximum atomic E-state index is 11.1. The average molecular weight is 449 g/mol. The molecule has 0 saturated heterocycles. The lowest BCUT2D eigenvalue weighted by Gasteiger charge is -2.18. The lowest BCUT2D eigenvalue weighted by Crippen LogP contribution is -2.25. The van der Waals surface area contributed by atoms with Crippen molar-refractivity contribution in [2.45, 2.75) is 123 Å². The van der Waals surface area contributed by atoms with Crippen LogP contribution in [0.25, 0.3) is 0 Å². The highest BCUT2D eigenvalue weighted by Crippen LogP contribution is 2.18. The Balaban J connectivity index is 2.15. The van der Waals surface area contributed by atoms with Crippen molar-refractivity contribution in [2.24, 2.45) is 0 Å². The fraction of sp³-hybridized carbons (Fsp3) is 0.704. The van der Waals surface area contributed by atoms with Crippen molar-refractivity contribution in [3.8, 4) is 0 Å². The first-order chi connectivity index (χ1) is 15.5. The number of hydrogen-bond donors (Lipinski definition) is 1. The van der Waals surface area contributed by atoms with Crippen LogP contribution < -0.4 is 0 Å². The topological polar surface area (TPSA) is 72.8 Å². The molecular formula is C27H44O5. The number of carboxylic acid groups (broad SMARTS) is 1. The number of benzene rings is 1. The van der Waals surface area contributed by atoms with Gasteiger partial charge in [0, 0.05) is 6.92 Å². The largest absolute Gasteiger partial charge is 0.479 e. The molecule has 0 bridgehead atoms. The second-order valence-corrected chi connectivity index (χ2v) is 8.76. The standard InChI is InChI=1S/C27H44O5/c1-3-4-5-14-19-25(31-22-24-17-12-11-13-18-24)20-15-9-7-6-8-10-16-21-26(27(29)30)32-23(2)28/h11-13,17-18,25-26H,3-10,14-16,19-22H2,1-2H3,(H,29,30). The normalized spacial score (nSPS) is 12.9. The number of carbonyl (C=O) groups is 2. The SMILES string of the molecule is CCCCCCC(CCCCCCCCCC(OC(C)=O)C(=O)O)OCc1ccccc1. The summed E-state index contributed by atoms with van der Waals surface area (Å²) in [4.78, 5) is 22.0. The number of esters is 1. The van der Waals surface area contributed by atoms with E-state index in [4.69, 9.17) is 14.6 Å². The van der Waals surface area contributed by atoms with Gasteiger partial charge < -0.3 is 14.6 Å². The molecule has 32 heavy (non-hydrogen) atoms. The number of ether oxygens (including phenoxy) is 2. The van der Waals surface area contributed by atoms with E-state index < -0.39 is 18.0 Å². The van der Waals surface area contributed by atoms with Crippen molar-refractivity contribution in [2.75, 3.05) is 0 Å². The molecule has 1 aromatic rings. The number of unbranched alkanes of at least 4 members (excludes halogenated alkanes) is 9. The van der Waals surface area contributed by atoms with Crippen LogP contribution in [-0.4, -0.2) is 29.3 Å². The fourth-order valence-electron chi connectivity index (χ4n) is 3.92. The molecule has 0 aliphatic rings. The summed E-state index contributed by atoms with van der Waals surface area (Å²) >= 11 is 0. The summed E-state index contributed by atoms with van der Waals surface area (Å²) in [5.41, 5.74) is 1.24. The van der Waals surface area contributed by atoms with Crippen LogP contribution in [0.15, 0.2) is 30.3 Å². The van der Waals surface area contributed by atoms with Crippen molar-refractivity contribution in [3.63, 3.8) is 0 Å².